The number of amides is 3. The Balaban J connectivity index is 2.70. The topological polar surface area (TPSA) is 81.4 Å². The number of hydrogen-bond acceptors (Lipinski definition) is 3. The zero-order valence-corrected chi connectivity index (χ0v) is 10.4. The van der Waals surface area contributed by atoms with Crippen molar-refractivity contribution in [1.29, 1.82) is 0 Å². The number of primary amides is 1. The molecule has 0 fully saturated rings. The number of rotatable bonds is 3. The Morgan fingerprint density at radius 2 is 2.06 bits per heavy atom. The molecule has 0 aliphatic carbocycles. The van der Waals surface area contributed by atoms with Crippen LogP contribution >= 0.6 is 23.2 Å². The minimum Gasteiger partial charge on any atom is -0.479 e. The molecule has 0 aromatic heterocycles. The summed E-state index contributed by atoms with van der Waals surface area (Å²) in [6.07, 6.45) is -0.902. The first kappa shape index (κ1) is 13.6. The molecule has 0 unspecified atom stereocenters. The summed E-state index contributed by atoms with van der Waals surface area (Å²) >= 11 is 11.6. The smallest absolute Gasteiger partial charge is 0.318 e. The van der Waals surface area contributed by atoms with Gasteiger partial charge in [0.1, 0.15) is 5.75 Å². The maximum atomic E-state index is 11.3. The van der Waals surface area contributed by atoms with Crippen molar-refractivity contribution in [2.75, 3.05) is 0 Å². The second kappa shape index (κ2) is 5.75. The van der Waals surface area contributed by atoms with Crippen molar-refractivity contribution in [2.45, 2.75) is 13.0 Å². The fourth-order valence-corrected chi connectivity index (χ4v) is 1.49. The Kier molecular flexibility index (Phi) is 4.60. The van der Waals surface area contributed by atoms with Crippen LogP contribution in [0.25, 0.3) is 0 Å². The van der Waals surface area contributed by atoms with Crippen LogP contribution in [0.15, 0.2) is 18.2 Å². The summed E-state index contributed by atoms with van der Waals surface area (Å²) in [5, 5.41) is 2.63. The van der Waals surface area contributed by atoms with Crippen molar-refractivity contribution < 1.29 is 14.3 Å². The Hall–Kier alpha value is -1.46. The molecule has 5 nitrogen and oxygen atoms in total. The monoisotopic (exact) mass is 276 g/mol. The van der Waals surface area contributed by atoms with Gasteiger partial charge in [-0.3, -0.25) is 10.1 Å². The predicted molar refractivity (Wildman–Crippen MR) is 64.3 cm³/mol. The van der Waals surface area contributed by atoms with Crippen LogP contribution in [0.2, 0.25) is 10.0 Å². The third-order valence-electron chi connectivity index (χ3n) is 1.81. The highest BCUT2D eigenvalue weighted by molar-refractivity contribution is 6.35. The number of carbonyl (C=O) groups excluding carboxylic acids is 2. The Morgan fingerprint density at radius 1 is 1.41 bits per heavy atom. The number of halogens is 2. The molecule has 0 heterocycles. The van der Waals surface area contributed by atoms with E-state index < -0.39 is 18.0 Å². The summed E-state index contributed by atoms with van der Waals surface area (Å²) in [7, 11) is 0. The summed E-state index contributed by atoms with van der Waals surface area (Å²) in [5.74, 6) is -0.355. The molecule has 3 N–H and O–H groups in total. The zero-order chi connectivity index (χ0) is 13.0. The molecule has 0 bridgehead atoms. The van der Waals surface area contributed by atoms with Crippen molar-refractivity contribution in [1.82, 2.24) is 5.32 Å². The van der Waals surface area contributed by atoms with E-state index in [9.17, 15) is 9.59 Å². The first-order valence-corrected chi connectivity index (χ1v) is 5.37. The van der Waals surface area contributed by atoms with Gasteiger partial charge >= 0.3 is 6.03 Å². The molecule has 1 atom stereocenters. The fraction of sp³-hybridized carbons (Fsp3) is 0.200. The number of urea groups is 1. The van der Waals surface area contributed by atoms with Gasteiger partial charge in [-0.2, -0.15) is 0 Å². The average molecular weight is 277 g/mol. The van der Waals surface area contributed by atoms with Gasteiger partial charge in [0.25, 0.3) is 5.91 Å². The van der Waals surface area contributed by atoms with Crippen LogP contribution in [0.3, 0.4) is 0 Å². The lowest BCUT2D eigenvalue weighted by Crippen LogP contribution is -2.42. The largest absolute Gasteiger partial charge is 0.479 e. The van der Waals surface area contributed by atoms with Crippen molar-refractivity contribution in [2.24, 2.45) is 5.73 Å². The van der Waals surface area contributed by atoms with Crippen LogP contribution in [0.5, 0.6) is 5.75 Å². The maximum Gasteiger partial charge on any atom is 0.318 e. The number of nitrogens with two attached hydrogens (primary N) is 1. The second-order valence-electron chi connectivity index (χ2n) is 3.19. The lowest BCUT2D eigenvalue weighted by Gasteiger charge is -2.14. The molecule has 1 aromatic carbocycles. The van der Waals surface area contributed by atoms with Gasteiger partial charge in [0.2, 0.25) is 0 Å². The fourth-order valence-electron chi connectivity index (χ4n) is 1.04. The molecule has 17 heavy (non-hydrogen) atoms. The van der Waals surface area contributed by atoms with Gasteiger partial charge in [-0.15, -0.1) is 0 Å². The number of imide groups is 1. The van der Waals surface area contributed by atoms with Gasteiger partial charge in [0, 0.05) is 5.02 Å². The molecule has 0 saturated heterocycles. The molecular weight excluding hydrogens is 267 g/mol. The number of ether oxygens (including phenoxy) is 1. The SMILES string of the molecule is C[C@@H](Oc1ccc(Cl)cc1Cl)C(=O)NC(N)=O. The molecule has 0 aliphatic heterocycles. The first-order chi connectivity index (χ1) is 7.90. The second-order valence-corrected chi connectivity index (χ2v) is 4.03. The third-order valence-corrected chi connectivity index (χ3v) is 2.34. The predicted octanol–water partition coefficient (Wildman–Crippen LogP) is 1.96. The molecule has 7 heteroatoms. The quantitative estimate of drug-likeness (QED) is 0.886. The lowest BCUT2D eigenvalue weighted by atomic mass is 10.3. The number of hydrogen-bond donors (Lipinski definition) is 2. The number of nitrogens with one attached hydrogen (secondary N) is 1. The first-order valence-electron chi connectivity index (χ1n) is 4.62. The maximum absolute atomic E-state index is 11.3. The lowest BCUT2D eigenvalue weighted by molar-refractivity contribution is -0.126. The van der Waals surface area contributed by atoms with E-state index >= 15 is 0 Å². The van der Waals surface area contributed by atoms with E-state index in [4.69, 9.17) is 33.7 Å². The molecular formula is C10H10Cl2N2O3. The molecule has 3 amide bonds. The highest BCUT2D eigenvalue weighted by atomic mass is 35.5. The standard InChI is InChI=1S/C10H10Cl2N2O3/c1-5(9(15)14-10(13)16)17-8-3-2-6(11)4-7(8)12/h2-5H,1H3,(H3,13,14,15,16)/t5-/m1/s1. The summed E-state index contributed by atoms with van der Waals surface area (Å²) in [4.78, 5) is 21.8. The van der Waals surface area contributed by atoms with E-state index in [-0.39, 0.29) is 5.02 Å². The van der Waals surface area contributed by atoms with Crippen LogP contribution in [0.4, 0.5) is 4.79 Å². The van der Waals surface area contributed by atoms with Crippen molar-refractivity contribution in [3.8, 4) is 5.75 Å². The van der Waals surface area contributed by atoms with E-state index in [2.05, 4.69) is 0 Å². The summed E-state index contributed by atoms with van der Waals surface area (Å²) in [6.45, 7) is 1.46. The molecule has 1 aromatic rings. The average Bonchev–Trinajstić information content (AvgIpc) is 2.21. The van der Waals surface area contributed by atoms with E-state index in [1.165, 1.54) is 19.1 Å². The Bertz CT molecular complexity index is 451. The molecule has 0 spiro atoms. The van der Waals surface area contributed by atoms with E-state index in [0.29, 0.717) is 10.8 Å². The van der Waals surface area contributed by atoms with Gasteiger partial charge in [0.05, 0.1) is 5.02 Å². The van der Waals surface area contributed by atoms with Crippen LogP contribution < -0.4 is 15.8 Å². The number of carbonyl (C=O) groups is 2. The third kappa shape index (κ3) is 4.13. The molecule has 0 radical (unpaired) electrons. The van der Waals surface area contributed by atoms with Gasteiger partial charge < -0.3 is 10.5 Å². The van der Waals surface area contributed by atoms with E-state index in [1.807, 2.05) is 5.32 Å². The minimum atomic E-state index is -0.937. The van der Waals surface area contributed by atoms with Gasteiger partial charge in [0.15, 0.2) is 6.10 Å². The van der Waals surface area contributed by atoms with Gasteiger partial charge in [-0.05, 0) is 25.1 Å². The Labute approximate surface area is 108 Å². The zero-order valence-electron chi connectivity index (χ0n) is 8.87. The molecule has 92 valence electrons. The van der Waals surface area contributed by atoms with Crippen LogP contribution in [-0.4, -0.2) is 18.0 Å². The summed E-state index contributed by atoms with van der Waals surface area (Å²) in [6, 6.07) is 3.64. The highest BCUT2D eigenvalue weighted by Gasteiger charge is 2.17. The van der Waals surface area contributed by atoms with Crippen LogP contribution in [-0.2, 0) is 4.79 Å². The Morgan fingerprint density at radius 3 is 2.59 bits per heavy atom. The van der Waals surface area contributed by atoms with Crippen molar-refractivity contribution in [3.63, 3.8) is 0 Å². The molecule has 0 saturated carbocycles. The van der Waals surface area contributed by atoms with Crippen molar-refractivity contribution in [3.05, 3.63) is 28.2 Å². The van der Waals surface area contributed by atoms with E-state index in [0.717, 1.165) is 0 Å². The normalized spacial score (nSPS) is 11.7. The van der Waals surface area contributed by atoms with Crippen molar-refractivity contribution >= 4 is 35.1 Å². The summed E-state index contributed by atoms with van der Waals surface area (Å²) < 4.78 is 5.25. The van der Waals surface area contributed by atoms with Crippen LogP contribution in [0, 0.1) is 0 Å². The molecule has 1 rings (SSSR count). The minimum absolute atomic E-state index is 0.274. The summed E-state index contributed by atoms with van der Waals surface area (Å²) in [5.41, 5.74) is 4.80. The van der Waals surface area contributed by atoms with E-state index in [1.54, 1.807) is 6.07 Å². The van der Waals surface area contributed by atoms with Gasteiger partial charge in [-0.1, -0.05) is 23.2 Å². The molecule has 0 aliphatic rings. The highest BCUT2D eigenvalue weighted by Crippen LogP contribution is 2.28. The number of benzene rings is 1. The van der Waals surface area contributed by atoms with Gasteiger partial charge in [-0.25, -0.2) is 4.79 Å². The van der Waals surface area contributed by atoms with Crippen LogP contribution in [0.1, 0.15) is 6.92 Å².